The van der Waals surface area contributed by atoms with Gasteiger partial charge in [0, 0.05) is 25.4 Å². The molecule has 0 aliphatic rings. The molecule has 0 bridgehead atoms. The lowest BCUT2D eigenvalue weighted by molar-refractivity contribution is -0.384. The Labute approximate surface area is 184 Å². The van der Waals surface area contributed by atoms with Crippen LogP contribution in [0.15, 0.2) is 52.3 Å². The van der Waals surface area contributed by atoms with Crippen LogP contribution in [0.2, 0.25) is 0 Å². The molecular weight excluding hydrogens is 467 g/mol. The first-order valence-electron chi connectivity index (χ1n) is 9.10. The molecule has 32 heavy (non-hydrogen) atoms. The highest BCUT2D eigenvalue weighted by Gasteiger charge is 2.24. The maximum absolute atomic E-state index is 13.7. The summed E-state index contributed by atoms with van der Waals surface area (Å²) < 4.78 is 63.4. The Bertz CT molecular complexity index is 1230. The van der Waals surface area contributed by atoms with Gasteiger partial charge in [-0.25, -0.2) is 21.2 Å². The van der Waals surface area contributed by atoms with Crippen LogP contribution >= 0.6 is 0 Å². The molecule has 0 heterocycles. The first-order valence-corrected chi connectivity index (χ1v) is 12.5. The van der Waals surface area contributed by atoms with E-state index in [4.69, 9.17) is 0 Å². The van der Waals surface area contributed by atoms with Crippen molar-refractivity contribution in [2.24, 2.45) is 0 Å². The van der Waals surface area contributed by atoms with Crippen LogP contribution in [-0.2, 0) is 24.7 Å². The second-order valence-corrected chi connectivity index (χ2v) is 10.4. The summed E-state index contributed by atoms with van der Waals surface area (Å²) in [5.74, 6) is -1.66. The number of nitrogens with one attached hydrogen (secondary N) is 3. The Hall–Kier alpha value is -3.10. The molecule has 14 heteroatoms. The summed E-state index contributed by atoms with van der Waals surface area (Å²) in [5, 5.41) is 16.4. The monoisotopic (exact) mass is 488 g/mol. The van der Waals surface area contributed by atoms with Gasteiger partial charge in [0.05, 0.1) is 15.9 Å². The summed E-state index contributed by atoms with van der Waals surface area (Å²) in [5.41, 5.74) is -0.407. The smallest absolute Gasteiger partial charge is 0.293 e. The average Bonchev–Trinajstić information content (AvgIpc) is 2.70. The van der Waals surface area contributed by atoms with Gasteiger partial charge in [0.25, 0.3) is 5.69 Å². The lowest BCUT2D eigenvalue weighted by Crippen LogP contribution is -2.45. The second kappa shape index (κ2) is 10.0. The SMILES string of the molecule is C[C@H](NS(=O)(=O)c1ccccc1F)C(=O)NCCNc1ccc(S(C)(=O)=O)cc1[N+](=O)[O-]. The highest BCUT2D eigenvalue weighted by atomic mass is 32.2. The first-order chi connectivity index (χ1) is 14.8. The molecule has 0 radical (unpaired) electrons. The number of sulfonamides is 1. The highest BCUT2D eigenvalue weighted by Crippen LogP contribution is 2.27. The molecule has 0 aliphatic heterocycles. The lowest BCUT2D eigenvalue weighted by Gasteiger charge is -2.15. The van der Waals surface area contributed by atoms with Crippen LogP contribution in [0.3, 0.4) is 0 Å². The van der Waals surface area contributed by atoms with Crippen LogP contribution in [-0.4, -0.2) is 53.1 Å². The van der Waals surface area contributed by atoms with E-state index < -0.39 is 53.1 Å². The van der Waals surface area contributed by atoms with Crippen molar-refractivity contribution in [2.75, 3.05) is 24.7 Å². The summed E-state index contributed by atoms with van der Waals surface area (Å²) in [6.45, 7) is 1.27. The third-order valence-corrected chi connectivity index (χ3v) is 6.87. The van der Waals surface area contributed by atoms with Gasteiger partial charge in [-0.3, -0.25) is 14.9 Å². The molecule has 0 spiro atoms. The summed E-state index contributed by atoms with van der Waals surface area (Å²) in [6.07, 6.45) is 0.927. The molecule has 0 unspecified atom stereocenters. The lowest BCUT2D eigenvalue weighted by atomic mass is 10.2. The fraction of sp³-hybridized carbons (Fsp3) is 0.278. The minimum Gasteiger partial charge on any atom is -0.378 e. The third kappa shape index (κ3) is 6.45. The van der Waals surface area contributed by atoms with Crippen LogP contribution in [0.25, 0.3) is 0 Å². The number of carbonyl (C=O) groups excluding carboxylic acids is 1. The molecule has 1 amide bonds. The minimum atomic E-state index is -4.27. The van der Waals surface area contributed by atoms with Gasteiger partial charge in [-0.15, -0.1) is 0 Å². The van der Waals surface area contributed by atoms with E-state index in [9.17, 15) is 36.1 Å². The van der Waals surface area contributed by atoms with Crippen LogP contribution in [0.5, 0.6) is 0 Å². The van der Waals surface area contributed by atoms with Gasteiger partial charge >= 0.3 is 0 Å². The van der Waals surface area contributed by atoms with Crippen molar-refractivity contribution in [3.63, 3.8) is 0 Å². The molecule has 2 aromatic rings. The minimum absolute atomic E-state index is 0.0254. The number of rotatable bonds is 10. The van der Waals surface area contributed by atoms with Crippen molar-refractivity contribution < 1.29 is 30.9 Å². The number of nitro groups is 1. The molecule has 174 valence electrons. The second-order valence-electron chi connectivity index (χ2n) is 6.70. The molecule has 3 N–H and O–H groups in total. The van der Waals surface area contributed by atoms with Gasteiger partial charge in [-0.05, 0) is 31.2 Å². The van der Waals surface area contributed by atoms with Crippen LogP contribution in [0, 0.1) is 15.9 Å². The van der Waals surface area contributed by atoms with Gasteiger partial charge in [0.1, 0.15) is 16.4 Å². The fourth-order valence-electron chi connectivity index (χ4n) is 2.59. The standard InChI is InChI=1S/C18H21FN4O7S2/c1-12(22-32(29,30)17-6-4-3-5-14(17)19)18(24)21-10-9-20-15-8-7-13(31(2,27)28)11-16(15)23(25)26/h3-8,11-12,20,22H,9-10H2,1-2H3,(H,21,24)/t12-/m0/s1. The number of nitrogens with zero attached hydrogens (tertiary/aromatic N) is 1. The average molecular weight is 489 g/mol. The maximum atomic E-state index is 13.7. The molecule has 11 nitrogen and oxygen atoms in total. The predicted octanol–water partition coefficient (Wildman–Crippen LogP) is 1.03. The van der Waals surface area contributed by atoms with Gasteiger partial charge in [-0.1, -0.05) is 12.1 Å². The molecule has 2 aromatic carbocycles. The van der Waals surface area contributed by atoms with Gasteiger partial charge in [0.15, 0.2) is 9.84 Å². The van der Waals surface area contributed by atoms with Crippen molar-refractivity contribution in [1.82, 2.24) is 10.0 Å². The highest BCUT2D eigenvalue weighted by molar-refractivity contribution is 7.90. The van der Waals surface area contributed by atoms with E-state index in [-0.39, 0.29) is 23.7 Å². The number of benzene rings is 2. The molecular formula is C18H21FN4O7S2. The molecule has 2 rings (SSSR count). The van der Waals surface area contributed by atoms with Gasteiger partial charge in [0.2, 0.25) is 15.9 Å². The summed E-state index contributed by atoms with van der Waals surface area (Å²) in [4.78, 5) is 21.8. The number of carbonyl (C=O) groups is 1. The van der Waals surface area contributed by atoms with Crippen LogP contribution in [0.4, 0.5) is 15.8 Å². The number of hydrogen-bond acceptors (Lipinski definition) is 8. The summed E-state index contributed by atoms with van der Waals surface area (Å²) in [7, 11) is -7.89. The van der Waals surface area contributed by atoms with E-state index in [0.717, 1.165) is 24.5 Å². The zero-order valence-corrected chi connectivity index (χ0v) is 18.7. The normalized spacial score (nSPS) is 12.7. The van der Waals surface area contributed by atoms with E-state index in [2.05, 4.69) is 15.4 Å². The van der Waals surface area contributed by atoms with E-state index in [1.807, 2.05) is 0 Å². The Balaban J connectivity index is 1.94. The fourth-order valence-corrected chi connectivity index (χ4v) is 4.51. The number of hydrogen-bond donors (Lipinski definition) is 3. The van der Waals surface area contributed by atoms with Crippen LogP contribution in [0.1, 0.15) is 6.92 Å². The predicted molar refractivity (Wildman–Crippen MR) is 114 cm³/mol. The van der Waals surface area contributed by atoms with Crippen molar-refractivity contribution >= 4 is 37.1 Å². The van der Waals surface area contributed by atoms with E-state index in [1.54, 1.807) is 0 Å². The van der Waals surface area contributed by atoms with Gasteiger partial charge in [-0.2, -0.15) is 4.72 Å². The number of anilines is 1. The largest absolute Gasteiger partial charge is 0.378 e. The van der Waals surface area contributed by atoms with E-state index in [1.165, 1.54) is 31.2 Å². The quantitative estimate of drug-likeness (QED) is 0.253. The zero-order chi connectivity index (χ0) is 24.1. The molecule has 0 fully saturated rings. The van der Waals surface area contributed by atoms with Crippen molar-refractivity contribution in [3.05, 3.63) is 58.4 Å². The van der Waals surface area contributed by atoms with Crippen LogP contribution < -0.4 is 15.4 Å². The maximum Gasteiger partial charge on any atom is 0.293 e. The number of nitro benzene ring substituents is 1. The summed E-state index contributed by atoms with van der Waals surface area (Å²) >= 11 is 0. The van der Waals surface area contributed by atoms with E-state index >= 15 is 0 Å². The van der Waals surface area contributed by atoms with Crippen molar-refractivity contribution in [3.8, 4) is 0 Å². The van der Waals surface area contributed by atoms with Crippen molar-refractivity contribution in [1.29, 1.82) is 0 Å². The Kier molecular flexibility index (Phi) is 7.87. The summed E-state index contributed by atoms with van der Waals surface area (Å²) in [6, 6.07) is 6.87. The Morgan fingerprint density at radius 1 is 1.12 bits per heavy atom. The molecule has 0 saturated heterocycles. The molecule has 0 aromatic heterocycles. The number of amides is 1. The van der Waals surface area contributed by atoms with E-state index in [0.29, 0.717) is 0 Å². The third-order valence-electron chi connectivity index (χ3n) is 4.19. The first kappa shape index (κ1) is 25.2. The Morgan fingerprint density at radius 3 is 2.38 bits per heavy atom. The Morgan fingerprint density at radius 2 is 1.78 bits per heavy atom. The van der Waals surface area contributed by atoms with Gasteiger partial charge < -0.3 is 10.6 Å². The topological polar surface area (TPSA) is 165 Å². The molecule has 0 saturated carbocycles. The number of halogens is 1. The number of sulfone groups is 1. The zero-order valence-electron chi connectivity index (χ0n) is 17.0. The molecule has 0 aliphatic carbocycles. The van der Waals surface area contributed by atoms with Crippen molar-refractivity contribution in [2.45, 2.75) is 22.8 Å². The molecule has 1 atom stereocenters.